The maximum Gasteiger partial charge on any atom is 0.244 e. The SMILES string of the molecule is CCCNc1nncc(Nc2cccc3cccnc23)n1. The molecule has 0 aliphatic rings. The van der Waals surface area contributed by atoms with Gasteiger partial charge in [0.1, 0.15) is 0 Å². The minimum absolute atomic E-state index is 0.523. The number of nitrogens with one attached hydrogen (secondary N) is 2. The first-order chi connectivity index (χ1) is 10.4. The van der Waals surface area contributed by atoms with Gasteiger partial charge < -0.3 is 10.6 Å². The summed E-state index contributed by atoms with van der Waals surface area (Å²) in [7, 11) is 0. The van der Waals surface area contributed by atoms with E-state index in [2.05, 4.69) is 37.7 Å². The van der Waals surface area contributed by atoms with Gasteiger partial charge in [-0.2, -0.15) is 10.1 Å². The van der Waals surface area contributed by atoms with Crippen LogP contribution in [0.4, 0.5) is 17.5 Å². The number of nitrogens with zero attached hydrogens (tertiary/aromatic N) is 4. The van der Waals surface area contributed by atoms with Crippen molar-refractivity contribution in [2.75, 3.05) is 17.2 Å². The monoisotopic (exact) mass is 280 g/mol. The Labute approximate surface area is 122 Å². The second-order valence-electron chi connectivity index (χ2n) is 4.60. The first kappa shape index (κ1) is 13.2. The van der Waals surface area contributed by atoms with E-state index in [1.165, 1.54) is 0 Å². The summed E-state index contributed by atoms with van der Waals surface area (Å²) < 4.78 is 0. The van der Waals surface area contributed by atoms with Crippen molar-refractivity contribution in [3.63, 3.8) is 0 Å². The second kappa shape index (κ2) is 6.13. The lowest BCUT2D eigenvalue weighted by atomic mass is 10.2. The summed E-state index contributed by atoms with van der Waals surface area (Å²) in [6.45, 7) is 2.91. The molecule has 21 heavy (non-hydrogen) atoms. The topological polar surface area (TPSA) is 75.6 Å². The van der Waals surface area contributed by atoms with Gasteiger partial charge in [-0.1, -0.05) is 25.1 Å². The lowest BCUT2D eigenvalue weighted by molar-refractivity contribution is 0.913. The molecule has 0 spiro atoms. The van der Waals surface area contributed by atoms with Crippen LogP contribution in [-0.2, 0) is 0 Å². The number of anilines is 3. The van der Waals surface area contributed by atoms with Crippen LogP contribution in [0.3, 0.4) is 0 Å². The molecule has 2 N–H and O–H groups in total. The molecule has 0 unspecified atom stereocenters. The molecule has 0 saturated carbocycles. The summed E-state index contributed by atoms with van der Waals surface area (Å²) in [4.78, 5) is 8.80. The van der Waals surface area contributed by atoms with Gasteiger partial charge in [-0.3, -0.25) is 4.98 Å². The zero-order chi connectivity index (χ0) is 14.5. The minimum atomic E-state index is 0.523. The van der Waals surface area contributed by atoms with Crippen LogP contribution in [0.25, 0.3) is 10.9 Å². The van der Waals surface area contributed by atoms with Gasteiger partial charge in [0, 0.05) is 18.1 Å². The average molecular weight is 280 g/mol. The van der Waals surface area contributed by atoms with Gasteiger partial charge in [0.05, 0.1) is 17.4 Å². The molecule has 0 amide bonds. The summed E-state index contributed by atoms with van der Waals surface area (Å²) in [6.07, 6.45) is 4.38. The predicted octanol–water partition coefficient (Wildman–Crippen LogP) is 2.99. The molecule has 6 heteroatoms. The van der Waals surface area contributed by atoms with Crippen molar-refractivity contribution >= 4 is 28.4 Å². The van der Waals surface area contributed by atoms with E-state index < -0.39 is 0 Å². The molecule has 1 aromatic carbocycles. The Morgan fingerprint density at radius 2 is 2.05 bits per heavy atom. The molecule has 3 rings (SSSR count). The summed E-state index contributed by atoms with van der Waals surface area (Å²) in [6, 6.07) is 9.93. The molecular weight excluding hydrogens is 264 g/mol. The third-order valence-corrected chi connectivity index (χ3v) is 2.99. The zero-order valence-corrected chi connectivity index (χ0v) is 11.7. The molecule has 0 bridgehead atoms. The van der Waals surface area contributed by atoms with E-state index >= 15 is 0 Å². The van der Waals surface area contributed by atoms with E-state index in [0.29, 0.717) is 11.8 Å². The molecule has 3 aromatic rings. The van der Waals surface area contributed by atoms with Crippen LogP contribution in [0.2, 0.25) is 0 Å². The molecule has 0 radical (unpaired) electrons. The summed E-state index contributed by atoms with van der Waals surface area (Å²) in [5, 5.41) is 15.4. The van der Waals surface area contributed by atoms with Crippen LogP contribution in [0, 0.1) is 0 Å². The van der Waals surface area contributed by atoms with Crippen molar-refractivity contribution in [1.29, 1.82) is 0 Å². The Kier molecular flexibility index (Phi) is 3.86. The Morgan fingerprint density at radius 3 is 2.95 bits per heavy atom. The van der Waals surface area contributed by atoms with Gasteiger partial charge in [0.2, 0.25) is 5.95 Å². The molecular formula is C15H16N6. The van der Waals surface area contributed by atoms with E-state index in [1.807, 2.05) is 30.3 Å². The smallest absolute Gasteiger partial charge is 0.244 e. The number of fused-ring (bicyclic) bond motifs is 1. The fourth-order valence-corrected chi connectivity index (χ4v) is 2.02. The number of para-hydroxylation sites is 1. The minimum Gasteiger partial charge on any atom is -0.353 e. The largest absolute Gasteiger partial charge is 0.353 e. The number of pyridine rings is 1. The fraction of sp³-hybridized carbons (Fsp3) is 0.200. The van der Waals surface area contributed by atoms with Crippen LogP contribution >= 0.6 is 0 Å². The van der Waals surface area contributed by atoms with Crippen LogP contribution in [-0.4, -0.2) is 26.7 Å². The normalized spacial score (nSPS) is 10.5. The highest BCUT2D eigenvalue weighted by atomic mass is 15.3. The van der Waals surface area contributed by atoms with Gasteiger partial charge in [-0.25, -0.2) is 0 Å². The summed E-state index contributed by atoms with van der Waals surface area (Å²) in [5.74, 6) is 1.16. The molecule has 0 aliphatic heterocycles. The van der Waals surface area contributed by atoms with E-state index in [4.69, 9.17) is 0 Å². The zero-order valence-electron chi connectivity index (χ0n) is 11.7. The van der Waals surface area contributed by atoms with Crippen molar-refractivity contribution in [3.05, 3.63) is 42.7 Å². The number of hydrogen-bond acceptors (Lipinski definition) is 6. The van der Waals surface area contributed by atoms with Gasteiger partial charge >= 0.3 is 0 Å². The highest BCUT2D eigenvalue weighted by molar-refractivity contribution is 5.91. The van der Waals surface area contributed by atoms with Crippen LogP contribution in [0.1, 0.15) is 13.3 Å². The quantitative estimate of drug-likeness (QED) is 0.748. The number of rotatable bonds is 5. The molecule has 106 valence electrons. The number of hydrogen-bond donors (Lipinski definition) is 2. The van der Waals surface area contributed by atoms with Gasteiger partial charge in [-0.05, 0) is 18.6 Å². The van der Waals surface area contributed by atoms with Crippen LogP contribution < -0.4 is 10.6 Å². The Balaban J connectivity index is 1.88. The molecule has 2 aromatic heterocycles. The molecule has 0 aliphatic carbocycles. The van der Waals surface area contributed by atoms with Gasteiger partial charge in [0.15, 0.2) is 5.82 Å². The third kappa shape index (κ3) is 3.05. The third-order valence-electron chi connectivity index (χ3n) is 2.99. The van der Waals surface area contributed by atoms with Crippen molar-refractivity contribution in [2.24, 2.45) is 0 Å². The lowest BCUT2D eigenvalue weighted by Crippen LogP contribution is -2.07. The van der Waals surface area contributed by atoms with Crippen molar-refractivity contribution in [3.8, 4) is 0 Å². The molecule has 6 nitrogen and oxygen atoms in total. The van der Waals surface area contributed by atoms with E-state index in [9.17, 15) is 0 Å². The van der Waals surface area contributed by atoms with Gasteiger partial charge in [0.25, 0.3) is 0 Å². The van der Waals surface area contributed by atoms with E-state index in [-0.39, 0.29) is 0 Å². The van der Waals surface area contributed by atoms with E-state index in [0.717, 1.165) is 29.6 Å². The highest BCUT2D eigenvalue weighted by Crippen LogP contribution is 2.23. The summed E-state index contributed by atoms with van der Waals surface area (Å²) >= 11 is 0. The van der Waals surface area contributed by atoms with E-state index in [1.54, 1.807) is 12.4 Å². The van der Waals surface area contributed by atoms with Crippen molar-refractivity contribution < 1.29 is 0 Å². The molecule has 0 fully saturated rings. The Bertz CT molecular complexity index is 738. The Morgan fingerprint density at radius 1 is 1.14 bits per heavy atom. The second-order valence-corrected chi connectivity index (χ2v) is 4.60. The standard InChI is InChI=1S/C15H16N6/c1-2-8-17-15-20-13(10-18-21-15)19-12-7-3-5-11-6-4-9-16-14(11)12/h3-7,9-10H,2,8H2,1H3,(H2,17,19,20,21). The van der Waals surface area contributed by atoms with Crippen LogP contribution in [0.15, 0.2) is 42.7 Å². The summed E-state index contributed by atoms with van der Waals surface area (Å²) in [5.41, 5.74) is 1.80. The fourth-order valence-electron chi connectivity index (χ4n) is 2.02. The predicted molar refractivity (Wildman–Crippen MR) is 83.6 cm³/mol. The lowest BCUT2D eigenvalue weighted by Gasteiger charge is -2.09. The Hall–Kier alpha value is -2.76. The number of benzene rings is 1. The molecule has 0 atom stereocenters. The van der Waals surface area contributed by atoms with Crippen molar-refractivity contribution in [2.45, 2.75) is 13.3 Å². The molecule has 2 heterocycles. The average Bonchev–Trinajstić information content (AvgIpc) is 2.54. The maximum absolute atomic E-state index is 4.41. The maximum atomic E-state index is 4.41. The van der Waals surface area contributed by atoms with Crippen LogP contribution in [0.5, 0.6) is 0 Å². The van der Waals surface area contributed by atoms with Gasteiger partial charge in [-0.15, -0.1) is 5.10 Å². The molecule has 0 saturated heterocycles. The van der Waals surface area contributed by atoms with Crippen molar-refractivity contribution in [1.82, 2.24) is 20.2 Å². The first-order valence-corrected chi connectivity index (χ1v) is 6.91. The number of aromatic nitrogens is 4. The highest BCUT2D eigenvalue weighted by Gasteiger charge is 2.04. The first-order valence-electron chi connectivity index (χ1n) is 6.91.